The maximum atomic E-state index is 6.23. The molecule has 2 aromatic rings. The second-order valence-corrected chi connectivity index (χ2v) is 5.13. The van der Waals surface area contributed by atoms with Gasteiger partial charge in [0.25, 0.3) is 0 Å². The molecule has 0 aliphatic carbocycles. The van der Waals surface area contributed by atoms with Crippen molar-refractivity contribution in [2.75, 3.05) is 13.2 Å². The molecule has 1 unspecified atom stereocenters. The molecule has 0 radical (unpaired) electrons. The summed E-state index contributed by atoms with van der Waals surface area (Å²) < 4.78 is 11.1. The Bertz CT molecular complexity index is 525. The number of nitrogens with two attached hydrogens (primary N) is 1. The number of rotatable bonds is 3. The summed E-state index contributed by atoms with van der Waals surface area (Å²) in [4.78, 5) is 0. The van der Waals surface area contributed by atoms with Gasteiger partial charge >= 0.3 is 0 Å². The van der Waals surface area contributed by atoms with Gasteiger partial charge in [0.05, 0.1) is 0 Å². The van der Waals surface area contributed by atoms with Crippen LogP contribution in [0.15, 0.2) is 35.0 Å². The van der Waals surface area contributed by atoms with Crippen molar-refractivity contribution in [3.05, 3.63) is 46.2 Å². The predicted molar refractivity (Wildman–Crippen MR) is 72.4 cm³/mol. The van der Waals surface area contributed by atoms with Gasteiger partial charge in [0.15, 0.2) is 11.5 Å². The highest BCUT2D eigenvalue weighted by Crippen LogP contribution is 2.32. The molecule has 94 valence electrons. The van der Waals surface area contributed by atoms with Crippen molar-refractivity contribution in [3.8, 4) is 11.5 Å². The molecule has 2 heterocycles. The van der Waals surface area contributed by atoms with Gasteiger partial charge in [-0.05, 0) is 46.5 Å². The summed E-state index contributed by atoms with van der Waals surface area (Å²) in [5, 5.41) is 4.21. The molecule has 0 amide bonds. The Morgan fingerprint density at radius 3 is 2.78 bits per heavy atom. The van der Waals surface area contributed by atoms with Crippen LogP contribution in [0.25, 0.3) is 0 Å². The highest BCUT2D eigenvalue weighted by Gasteiger charge is 2.15. The first-order valence-electron chi connectivity index (χ1n) is 5.99. The van der Waals surface area contributed by atoms with Crippen LogP contribution in [0, 0.1) is 0 Å². The number of fused-ring (bicyclic) bond motifs is 1. The number of ether oxygens (including phenoxy) is 2. The van der Waals surface area contributed by atoms with Gasteiger partial charge in [-0.3, -0.25) is 0 Å². The first-order chi connectivity index (χ1) is 8.83. The van der Waals surface area contributed by atoms with Crippen molar-refractivity contribution >= 4 is 11.3 Å². The van der Waals surface area contributed by atoms with E-state index >= 15 is 0 Å². The van der Waals surface area contributed by atoms with Gasteiger partial charge in [0.1, 0.15) is 13.2 Å². The van der Waals surface area contributed by atoms with Crippen LogP contribution in [0.4, 0.5) is 0 Å². The van der Waals surface area contributed by atoms with E-state index in [9.17, 15) is 0 Å². The SMILES string of the molecule is NC(Cc1ccsc1)c1ccc2c(c1)OCCO2. The molecule has 0 fully saturated rings. The molecule has 1 aromatic carbocycles. The largest absolute Gasteiger partial charge is 0.486 e. The molecule has 0 saturated carbocycles. The zero-order chi connectivity index (χ0) is 12.4. The molecule has 0 spiro atoms. The second-order valence-electron chi connectivity index (χ2n) is 4.35. The molecule has 3 nitrogen and oxygen atoms in total. The van der Waals surface area contributed by atoms with Gasteiger partial charge in [0.2, 0.25) is 0 Å². The van der Waals surface area contributed by atoms with E-state index in [1.807, 2.05) is 18.2 Å². The fraction of sp³-hybridized carbons (Fsp3) is 0.286. The summed E-state index contributed by atoms with van der Waals surface area (Å²) in [5.74, 6) is 1.62. The van der Waals surface area contributed by atoms with Gasteiger partial charge < -0.3 is 15.2 Å². The minimum atomic E-state index is -0.00423. The van der Waals surface area contributed by atoms with E-state index < -0.39 is 0 Å². The van der Waals surface area contributed by atoms with Crippen molar-refractivity contribution in [1.29, 1.82) is 0 Å². The molecule has 1 aliphatic heterocycles. The van der Waals surface area contributed by atoms with Crippen LogP contribution in [-0.4, -0.2) is 13.2 Å². The molecule has 4 heteroatoms. The fourth-order valence-corrected chi connectivity index (χ4v) is 2.75. The third kappa shape index (κ3) is 2.35. The number of hydrogen-bond acceptors (Lipinski definition) is 4. The molecular weight excluding hydrogens is 246 g/mol. The Labute approximate surface area is 110 Å². The second kappa shape index (κ2) is 5.00. The lowest BCUT2D eigenvalue weighted by molar-refractivity contribution is 0.171. The highest BCUT2D eigenvalue weighted by atomic mass is 32.1. The first kappa shape index (κ1) is 11.6. The van der Waals surface area contributed by atoms with Gasteiger partial charge in [-0.15, -0.1) is 0 Å². The van der Waals surface area contributed by atoms with Crippen molar-refractivity contribution in [2.24, 2.45) is 5.73 Å². The summed E-state index contributed by atoms with van der Waals surface area (Å²) in [6, 6.07) is 8.06. The zero-order valence-electron chi connectivity index (χ0n) is 9.96. The van der Waals surface area contributed by atoms with E-state index in [-0.39, 0.29) is 6.04 Å². The van der Waals surface area contributed by atoms with Gasteiger partial charge in [-0.1, -0.05) is 6.07 Å². The van der Waals surface area contributed by atoms with Crippen LogP contribution in [0.5, 0.6) is 11.5 Å². The first-order valence-corrected chi connectivity index (χ1v) is 6.93. The van der Waals surface area contributed by atoms with Crippen LogP contribution in [0.3, 0.4) is 0 Å². The molecular formula is C14H15NO2S. The summed E-state index contributed by atoms with van der Waals surface area (Å²) in [7, 11) is 0. The smallest absolute Gasteiger partial charge is 0.161 e. The van der Waals surface area contributed by atoms with E-state index in [2.05, 4.69) is 16.8 Å². The van der Waals surface area contributed by atoms with E-state index in [1.165, 1.54) is 5.56 Å². The van der Waals surface area contributed by atoms with Crippen molar-refractivity contribution in [1.82, 2.24) is 0 Å². The number of thiophene rings is 1. The van der Waals surface area contributed by atoms with Crippen LogP contribution >= 0.6 is 11.3 Å². The molecule has 0 saturated heterocycles. The minimum absolute atomic E-state index is 0.00423. The molecule has 1 aliphatic rings. The Morgan fingerprint density at radius 1 is 1.17 bits per heavy atom. The topological polar surface area (TPSA) is 44.5 Å². The summed E-state index contributed by atoms with van der Waals surface area (Å²) in [6.45, 7) is 1.23. The third-order valence-corrected chi connectivity index (χ3v) is 3.76. The van der Waals surface area contributed by atoms with Crippen molar-refractivity contribution in [2.45, 2.75) is 12.5 Å². The maximum Gasteiger partial charge on any atom is 0.161 e. The Hall–Kier alpha value is -1.52. The Balaban J connectivity index is 1.79. The molecule has 2 N–H and O–H groups in total. The predicted octanol–water partition coefficient (Wildman–Crippen LogP) is 2.76. The lowest BCUT2D eigenvalue weighted by Gasteiger charge is -2.20. The summed E-state index contributed by atoms with van der Waals surface area (Å²) >= 11 is 1.70. The van der Waals surface area contributed by atoms with Gasteiger partial charge in [-0.2, -0.15) is 11.3 Å². The van der Waals surface area contributed by atoms with Crippen molar-refractivity contribution in [3.63, 3.8) is 0 Å². The molecule has 0 bridgehead atoms. The average molecular weight is 261 g/mol. The summed E-state index contributed by atoms with van der Waals surface area (Å²) in [6.07, 6.45) is 0.850. The van der Waals surface area contributed by atoms with E-state index in [1.54, 1.807) is 11.3 Å². The third-order valence-electron chi connectivity index (χ3n) is 3.03. The molecule has 1 atom stereocenters. The zero-order valence-corrected chi connectivity index (χ0v) is 10.8. The fourth-order valence-electron chi connectivity index (χ4n) is 2.07. The van der Waals surface area contributed by atoms with Crippen molar-refractivity contribution < 1.29 is 9.47 Å². The number of benzene rings is 1. The van der Waals surface area contributed by atoms with Crippen LogP contribution in [0.2, 0.25) is 0 Å². The Morgan fingerprint density at radius 2 is 2.00 bits per heavy atom. The van der Waals surface area contributed by atoms with Gasteiger partial charge in [0, 0.05) is 6.04 Å². The quantitative estimate of drug-likeness (QED) is 0.924. The van der Waals surface area contributed by atoms with Crippen LogP contribution < -0.4 is 15.2 Å². The lowest BCUT2D eigenvalue weighted by Crippen LogP contribution is -2.17. The lowest BCUT2D eigenvalue weighted by atomic mass is 10.0. The molecule has 3 rings (SSSR count). The normalized spacial score (nSPS) is 15.4. The summed E-state index contributed by atoms with van der Waals surface area (Å²) in [5.41, 5.74) is 8.60. The average Bonchev–Trinajstić information content (AvgIpc) is 2.91. The van der Waals surface area contributed by atoms with E-state index in [0.29, 0.717) is 13.2 Å². The van der Waals surface area contributed by atoms with Crippen LogP contribution in [0.1, 0.15) is 17.2 Å². The molecule has 18 heavy (non-hydrogen) atoms. The maximum absolute atomic E-state index is 6.23. The van der Waals surface area contributed by atoms with Gasteiger partial charge in [-0.25, -0.2) is 0 Å². The number of hydrogen-bond donors (Lipinski definition) is 1. The monoisotopic (exact) mass is 261 g/mol. The molecule has 1 aromatic heterocycles. The van der Waals surface area contributed by atoms with Crippen LogP contribution in [-0.2, 0) is 6.42 Å². The Kier molecular flexibility index (Phi) is 3.21. The standard InChI is InChI=1S/C14H15NO2S/c15-12(7-10-3-6-18-9-10)11-1-2-13-14(8-11)17-5-4-16-13/h1-3,6,8-9,12H,4-5,7,15H2. The van der Waals surface area contributed by atoms with E-state index in [0.717, 1.165) is 23.5 Å². The van der Waals surface area contributed by atoms with E-state index in [4.69, 9.17) is 15.2 Å². The minimum Gasteiger partial charge on any atom is -0.486 e. The highest BCUT2D eigenvalue weighted by molar-refractivity contribution is 7.07.